The molecule has 5 heteroatoms. The van der Waals surface area contributed by atoms with Crippen molar-refractivity contribution in [1.82, 2.24) is 0 Å². The Labute approximate surface area is 165 Å². The van der Waals surface area contributed by atoms with E-state index in [1.807, 2.05) is 6.08 Å². The monoisotopic (exact) mass is 390 g/mol. The van der Waals surface area contributed by atoms with Gasteiger partial charge in [0.05, 0.1) is 25.1 Å². The van der Waals surface area contributed by atoms with Crippen molar-refractivity contribution in [3.05, 3.63) is 36.6 Å². The average molecular weight is 391 g/mol. The van der Waals surface area contributed by atoms with Gasteiger partial charge in [-0.25, -0.2) is 4.79 Å². The van der Waals surface area contributed by atoms with Gasteiger partial charge in [0.25, 0.3) is 0 Å². The number of hydrogen-bond acceptors (Lipinski definition) is 4. The van der Waals surface area contributed by atoms with Gasteiger partial charge in [-0.3, -0.25) is 0 Å². The molecule has 0 aromatic rings. The molecule has 0 N–H and O–H groups in total. The van der Waals surface area contributed by atoms with Crippen LogP contribution in [0.3, 0.4) is 0 Å². The van der Waals surface area contributed by atoms with Crippen LogP contribution in [0.4, 0.5) is 0 Å². The fourth-order valence-electron chi connectivity index (χ4n) is 3.27. The van der Waals surface area contributed by atoms with Crippen LogP contribution in [0.15, 0.2) is 36.6 Å². The first-order valence-electron chi connectivity index (χ1n) is 9.81. The van der Waals surface area contributed by atoms with E-state index in [9.17, 15) is 4.79 Å². The molecule has 0 aromatic heterocycles. The zero-order chi connectivity index (χ0) is 20.3. The SMILES string of the molecule is C=C1C[C@H](CC#CC(=O)OC)O[C@@H](C/C=C/C(=C)O[Si](CC)(CC)CC)C1. The molecule has 0 saturated carbocycles. The zero-order valence-electron chi connectivity index (χ0n) is 17.3. The van der Waals surface area contributed by atoms with Gasteiger partial charge < -0.3 is 13.9 Å². The Kier molecular flexibility index (Phi) is 10.2. The molecule has 0 aliphatic carbocycles. The summed E-state index contributed by atoms with van der Waals surface area (Å²) in [6.07, 6.45) is 6.99. The van der Waals surface area contributed by atoms with Crippen molar-refractivity contribution in [2.24, 2.45) is 0 Å². The normalized spacial score (nSPS) is 20.1. The third-order valence-corrected chi connectivity index (χ3v) is 9.67. The van der Waals surface area contributed by atoms with E-state index in [-0.39, 0.29) is 12.2 Å². The van der Waals surface area contributed by atoms with Crippen LogP contribution in [0.2, 0.25) is 18.1 Å². The number of allylic oxidation sites excluding steroid dienone is 1. The van der Waals surface area contributed by atoms with E-state index in [1.165, 1.54) is 7.11 Å². The third-order valence-electron chi connectivity index (χ3n) is 5.11. The van der Waals surface area contributed by atoms with E-state index in [1.54, 1.807) is 0 Å². The van der Waals surface area contributed by atoms with Crippen LogP contribution in [-0.4, -0.2) is 33.6 Å². The highest BCUT2D eigenvalue weighted by molar-refractivity contribution is 6.73. The summed E-state index contributed by atoms with van der Waals surface area (Å²) in [5.41, 5.74) is 1.16. The second-order valence-corrected chi connectivity index (χ2v) is 11.7. The van der Waals surface area contributed by atoms with Crippen LogP contribution < -0.4 is 0 Å². The number of methoxy groups -OCH3 is 1. The molecular weight excluding hydrogens is 356 g/mol. The van der Waals surface area contributed by atoms with E-state index in [4.69, 9.17) is 9.16 Å². The average Bonchev–Trinajstić information content (AvgIpc) is 2.65. The Bertz CT molecular complexity index is 599. The standard InChI is InChI=1S/C22H34O4Si/c1-7-27(8-2,9-3)26-19(5)12-10-13-20-16-18(4)17-21(25-20)14-11-15-22(23)24-6/h10,12,20-21H,4-5,7-9,13-14,16-17H2,1-3,6H3/b12-10+/t20-,21-/m0/s1. The molecule has 4 nitrogen and oxygen atoms in total. The van der Waals surface area contributed by atoms with Gasteiger partial charge in [-0.2, -0.15) is 0 Å². The van der Waals surface area contributed by atoms with Gasteiger partial charge in [0.2, 0.25) is 8.32 Å². The maximum absolute atomic E-state index is 11.1. The molecule has 1 heterocycles. The van der Waals surface area contributed by atoms with E-state index >= 15 is 0 Å². The maximum Gasteiger partial charge on any atom is 0.384 e. The van der Waals surface area contributed by atoms with Crippen molar-refractivity contribution in [3.8, 4) is 11.8 Å². The molecule has 0 aromatic carbocycles. The number of carbonyl (C=O) groups is 1. The van der Waals surface area contributed by atoms with Gasteiger partial charge in [0.1, 0.15) is 0 Å². The minimum Gasteiger partial charge on any atom is -0.544 e. The van der Waals surface area contributed by atoms with Crippen molar-refractivity contribution in [3.63, 3.8) is 0 Å². The largest absolute Gasteiger partial charge is 0.544 e. The van der Waals surface area contributed by atoms with Gasteiger partial charge in [0, 0.05) is 12.3 Å². The molecule has 1 saturated heterocycles. The number of esters is 1. The quantitative estimate of drug-likeness (QED) is 0.104. The molecule has 1 aliphatic rings. The lowest BCUT2D eigenvalue weighted by atomic mass is 9.96. The first kappa shape index (κ1) is 23.3. The summed E-state index contributed by atoms with van der Waals surface area (Å²) in [4.78, 5) is 11.1. The van der Waals surface area contributed by atoms with Crippen molar-refractivity contribution in [2.75, 3.05) is 7.11 Å². The summed E-state index contributed by atoms with van der Waals surface area (Å²) in [7, 11) is -0.345. The fourth-order valence-corrected chi connectivity index (χ4v) is 5.83. The maximum atomic E-state index is 11.1. The van der Waals surface area contributed by atoms with Crippen molar-refractivity contribution >= 4 is 14.3 Å². The Hall–Kier alpha value is -1.77. The highest BCUT2D eigenvalue weighted by atomic mass is 28.4. The molecule has 0 bridgehead atoms. The lowest BCUT2D eigenvalue weighted by Crippen LogP contribution is -2.34. The Balaban J connectivity index is 2.53. The molecule has 1 rings (SSSR count). The second-order valence-electron chi connectivity index (χ2n) is 6.99. The van der Waals surface area contributed by atoms with Gasteiger partial charge >= 0.3 is 5.97 Å². The minimum absolute atomic E-state index is 0.0263. The summed E-state index contributed by atoms with van der Waals surface area (Å²) >= 11 is 0. The minimum atomic E-state index is -1.67. The van der Waals surface area contributed by atoms with E-state index in [2.05, 4.69) is 56.6 Å². The molecule has 150 valence electrons. The van der Waals surface area contributed by atoms with Crippen molar-refractivity contribution in [1.29, 1.82) is 0 Å². The Morgan fingerprint density at radius 3 is 2.48 bits per heavy atom. The van der Waals surface area contributed by atoms with Crippen LogP contribution >= 0.6 is 0 Å². The number of hydrogen-bond donors (Lipinski definition) is 0. The summed E-state index contributed by atoms with van der Waals surface area (Å²) in [5, 5.41) is 0. The molecule has 0 radical (unpaired) electrons. The molecule has 2 atom stereocenters. The van der Waals surface area contributed by atoms with Crippen LogP contribution in [0.1, 0.15) is 46.5 Å². The van der Waals surface area contributed by atoms with E-state index < -0.39 is 14.3 Å². The number of ether oxygens (including phenoxy) is 2. The first-order chi connectivity index (χ1) is 12.9. The molecule has 27 heavy (non-hydrogen) atoms. The summed E-state index contributed by atoms with van der Waals surface area (Å²) in [6.45, 7) is 14.8. The van der Waals surface area contributed by atoms with Crippen LogP contribution in [0.5, 0.6) is 0 Å². The molecular formula is C22H34O4Si. The number of carbonyl (C=O) groups excluding carboxylic acids is 1. The first-order valence-corrected chi connectivity index (χ1v) is 12.3. The highest BCUT2D eigenvalue weighted by Crippen LogP contribution is 2.27. The summed E-state index contributed by atoms with van der Waals surface area (Å²) in [6, 6.07) is 3.31. The van der Waals surface area contributed by atoms with Crippen molar-refractivity contribution in [2.45, 2.75) is 76.8 Å². The topological polar surface area (TPSA) is 44.8 Å². The molecule has 0 spiro atoms. The molecule has 1 fully saturated rings. The Morgan fingerprint density at radius 1 is 1.26 bits per heavy atom. The van der Waals surface area contributed by atoms with E-state index in [0.29, 0.717) is 6.42 Å². The van der Waals surface area contributed by atoms with Gasteiger partial charge in [-0.15, -0.1) is 0 Å². The van der Waals surface area contributed by atoms with Crippen LogP contribution in [0.25, 0.3) is 0 Å². The van der Waals surface area contributed by atoms with Gasteiger partial charge in [-0.05, 0) is 43.5 Å². The smallest absolute Gasteiger partial charge is 0.384 e. The number of rotatable bonds is 9. The third kappa shape index (κ3) is 8.19. The lowest BCUT2D eigenvalue weighted by Gasteiger charge is -2.30. The molecule has 0 amide bonds. The van der Waals surface area contributed by atoms with Crippen LogP contribution in [0, 0.1) is 11.8 Å². The predicted molar refractivity (Wildman–Crippen MR) is 113 cm³/mol. The summed E-state index contributed by atoms with van der Waals surface area (Å²) < 4.78 is 16.8. The van der Waals surface area contributed by atoms with E-state index in [0.717, 1.165) is 48.7 Å². The fraction of sp³-hybridized carbons (Fsp3) is 0.591. The van der Waals surface area contributed by atoms with Crippen molar-refractivity contribution < 1.29 is 18.7 Å². The summed E-state index contributed by atoms with van der Waals surface area (Å²) in [5.74, 6) is 5.51. The van der Waals surface area contributed by atoms with Crippen LogP contribution in [-0.2, 0) is 18.7 Å². The second kappa shape index (κ2) is 11.8. The predicted octanol–water partition coefficient (Wildman–Crippen LogP) is 5.14. The van der Waals surface area contributed by atoms with Gasteiger partial charge in [-0.1, -0.05) is 51.5 Å². The Morgan fingerprint density at radius 2 is 1.89 bits per heavy atom. The molecule has 0 unspecified atom stereocenters. The zero-order valence-corrected chi connectivity index (χ0v) is 18.3. The molecule has 1 aliphatic heterocycles. The van der Waals surface area contributed by atoms with Gasteiger partial charge in [0.15, 0.2) is 0 Å². The highest BCUT2D eigenvalue weighted by Gasteiger charge is 2.30. The lowest BCUT2D eigenvalue weighted by molar-refractivity contribution is -0.133.